The summed E-state index contributed by atoms with van der Waals surface area (Å²) in [5, 5.41) is 5.66. The summed E-state index contributed by atoms with van der Waals surface area (Å²) in [6.07, 6.45) is 11.8. The van der Waals surface area contributed by atoms with E-state index in [9.17, 15) is 19.2 Å². The quantitative estimate of drug-likeness (QED) is 0.194. The normalized spacial score (nSPS) is 23.9. The lowest BCUT2D eigenvalue weighted by Gasteiger charge is -2.38. The van der Waals surface area contributed by atoms with Gasteiger partial charge in [-0.05, 0) is 87.6 Å². The summed E-state index contributed by atoms with van der Waals surface area (Å²) in [6, 6.07) is 8.00. The number of aromatic nitrogens is 2. The van der Waals surface area contributed by atoms with Crippen LogP contribution in [0.15, 0.2) is 47.4 Å². The average Bonchev–Trinajstić information content (AvgIpc) is 3.53. The first-order valence-electron chi connectivity index (χ1n) is 19.7. The standard InChI is InChI=1S/C39H54N12O4/c1-47-19-20-51(39(47)55)30-3-2-14-50(25-30)33-23-43-35(36(41)53)37(45-33)44-29-6-4-27(5-7-29)28-12-15-48(16-13-28)24-26-10-17-49(18-11-26)31(21-40)22-42-32-8-9-34(52)46-38(32)54/h4-7,21-23,26,28,30,32H,2-3,8-20,24-25,40H2,1H3,(H2,41,53)(H,44,45)(H,46,52,54)/b31-21+,42-22?/t30-,32+/m1/s1. The molecule has 294 valence electrons. The Morgan fingerprint density at radius 1 is 0.982 bits per heavy atom. The van der Waals surface area contributed by atoms with Gasteiger partial charge in [-0.1, -0.05) is 12.1 Å². The Morgan fingerprint density at radius 2 is 1.75 bits per heavy atom. The number of aliphatic imine (C=N–C) groups is 1. The number of nitrogens with zero attached hydrogens (tertiary/aromatic N) is 8. The van der Waals surface area contributed by atoms with Gasteiger partial charge >= 0.3 is 6.03 Å². The average molecular weight is 755 g/mol. The maximum Gasteiger partial charge on any atom is 0.320 e. The van der Waals surface area contributed by atoms with Gasteiger partial charge in [0.2, 0.25) is 5.91 Å². The first kappa shape index (κ1) is 38.0. The Bertz CT molecular complexity index is 1780. The lowest BCUT2D eigenvalue weighted by Crippen LogP contribution is -2.49. The van der Waals surface area contributed by atoms with Crippen molar-refractivity contribution in [3.05, 3.63) is 53.6 Å². The van der Waals surface area contributed by atoms with Crippen molar-refractivity contribution < 1.29 is 19.2 Å². The predicted molar refractivity (Wildman–Crippen MR) is 210 cm³/mol. The van der Waals surface area contributed by atoms with E-state index >= 15 is 0 Å². The molecule has 5 fully saturated rings. The molecule has 5 aliphatic heterocycles. The third kappa shape index (κ3) is 9.01. The highest BCUT2D eigenvalue weighted by atomic mass is 16.2. The van der Waals surface area contributed by atoms with Crippen LogP contribution in [-0.4, -0.2) is 138 Å². The smallest absolute Gasteiger partial charge is 0.320 e. The second kappa shape index (κ2) is 17.0. The molecular formula is C39H54N12O4. The van der Waals surface area contributed by atoms with Crippen molar-refractivity contribution in [2.45, 2.75) is 69.4 Å². The number of piperidine rings is 4. The number of rotatable bonds is 11. The zero-order valence-corrected chi connectivity index (χ0v) is 31.7. The second-order valence-electron chi connectivity index (χ2n) is 15.5. The van der Waals surface area contributed by atoms with Gasteiger partial charge in [-0.15, -0.1) is 0 Å². The summed E-state index contributed by atoms with van der Waals surface area (Å²) < 4.78 is 0. The molecule has 0 spiro atoms. The number of primary amides is 1. The van der Waals surface area contributed by atoms with Gasteiger partial charge in [-0.25, -0.2) is 14.8 Å². The molecular weight excluding hydrogens is 701 g/mol. The van der Waals surface area contributed by atoms with Gasteiger partial charge in [0.25, 0.3) is 11.8 Å². The molecule has 7 rings (SSSR count). The minimum Gasteiger partial charge on any atom is -0.403 e. The molecule has 16 nitrogen and oxygen atoms in total. The Kier molecular flexibility index (Phi) is 11.8. The van der Waals surface area contributed by atoms with Crippen LogP contribution in [0.25, 0.3) is 0 Å². The third-order valence-corrected chi connectivity index (χ3v) is 11.9. The number of amides is 5. The van der Waals surface area contributed by atoms with Gasteiger partial charge in [0.05, 0.1) is 17.9 Å². The number of nitrogens with one attached hydrogen (secondary N) is 2. The lowest BCUT2D eigenvalue weighted by molar-refractivity contribution is -0.133. The number of likely N-dealkylation sites (N-methyl/N-ethyl adjacent to an activating group) is 1. The highest BCUT2D eigenvalue weighted by Crippen LogP contribution is 2.32. The first-order chi connectivity index (χ1) is 26.6. The molecule has 2 atom stereocenters. The summed E-state index contributed by atoms with van der Waals surface area (Å²) >= 11 is 0. The summed E-state index contributed by atoms with van der Waals surface area (Å²) in [6.45, 7) is 7.90. The lowest BCUT2D eigenvalue weighted by atomic mass is 9.88. The molecule has 6 heterocycles. The van der Waals surface area contributed by atoms with Crippen LogP contribution < -0.4 is 27.0 Å². The zero-order valence-electron chi connectivity index (χ0n) is 31.7. The molecule has 0 aliphatic carbocycles. The molecule has 1 aromatic carbocycles. The zero-order chi connectivity index (χ0) is 38.5. The van der Waals surface area contributed by atoms with Crippen LogP contribution in [-0.2, 0) is 9.59 Å². The molecule has 2 aromatic rings. The minimum atomic E-state index is -0.647. The first-order valence-corrected chi connectivity index (χ1v) is 19.7. The second-order valence-corrected chi connectivity index (χ2v) is 15.5. The summed E-state index contributed by atoms with van der Waals surface area (Å²) in [4.78, 5) is 72.8. The van der Waals surface area contributed by atoms with E-state index in [2.05, 4.69) is 47.4 Å². The number of hydrogen-bond donors (Lipinski definition) is 4. The fourth-order valence-corrected chi connectivity index (χ4v) is 8.61. The molecule has 0 unspecified atom stereocenters. The fraction of sp³-hybridized carbons (Fsp3) is 0.564. The maximum absolute atomic E-state index is 12.7. The summed E-state index contributed by atoms with van der Waals surface area (Å²) in [5.74, 6) is 0.835. The van der Waals surface area contributed by atoms with Gasteiger partial charge in [0.15, 0.2) is 11.5 Å². The van der Waals surface area contributed by atoms with Crippen LogP contribution in [0.1, 0.15) is 73.3 Å². The van der Waals surface area contributed by atoms with Crippen molar-refractivity contribution in [2.75, 3.05) is 76.2 Å². The van der Waals surface area contributed by atoms with Crippen molar-refractivity contribution in [2.24, 2.45) is 22.4 Å². The van der Waals surface area contributed by atoms with Crippen molar-refractivity contribution >= 4 is 47.3 Å². The van der Waals surface area contributed by atoms with Gasteiger partial charge in [0, 0.05) is 77.4 Å². The number of anilines is 3. The van der Waals surface area contributed by atoms with E-state index in [-0.39, 0.29) is 29.6 Å². The molecule has 6 N–H and O–H groups in total. The van der Waals surface area contributed by atoms with E-state index in [0.29, 0.717) is 42.9 Å². The van der Waals surface area contributed by atoms with Crippen LogP contribution in [0.5, 0.6) is 0 Å². The molecule has 5 saturated heterocycles. The van der Waals surface area contributed by atoms with Crippen LogP contribution in [0.4, 0.5) is 22.1 Å². The number of benzene rings is 1. The van der Waals surface area contributed by atoms with E-state index in [1.165, 1.54) is 5.56 Å². The van der Waals surface area contributed by atoms with E-state index in [1.54, 1.807) is 23.5 Å². The number of hydrogen-bond acceptors (Lipinski definition) is 12. The van der Waals surface area contributed by atoms with Crippen molar-refractivity contribution in [3.63, 3.8) is 0 Å². The molecule has 55 heavy (non-hydrogen) atoms. The maximum atomic E-state index is 12.7. The topological polar surface area (TPSA) is 199 Å². The number of imide groups is 1. The molecule has 5 aliphatic rings. The SMILES string of the molecule is CN1CCN([C@@H]2CCCN(c3cnc(C(N)=O)c(Nc4ccc(C5CCN(CC6CCN(/C(C=N[C@H]7CCC(=O)NC7=O)=C/N)CC6)CC5)cc4)n3)C2)C1=O. The number of carbonyl (C=O) groups is 4. The molecule has 1 aromatic heterocycles. The molecule has 0 bridgehead atoms. The van der Waals surface area contributed by atoms with E-state index in [0.717, 1.165) is 102 Å². The molecule has 5 amide bonds. The van der Waals surface area contributed by atoms with Gasteiger partial charge in [-0.3, -0.25) is 24.7 Å². The predicted octanol–water partition coefficient (Wildman–Crippen LogP) is 2.22. The number of allylic oxidation sites excluding steroid dienone is 1. The Hall–Kier alpha value is -5.25. The van der Waals surface area contributed by atoms with Gasteiger partial charge in [-0.2, -0.15) is 0 Å². The van der Waals surface area contributed by atoms with Crippen LogP contribution >= 0.6 is 0 Å². The fourth-order valence-electron chi connectivity index (χ4n) is 8.61. The molecule has 16 heteroatoms. The third-order valence-electron chi connectivity index (χ3n) is 11.9. The summed E-state index contributed by atoms with van der Waals surface area (Å²) in [7, 11) is 1.84. The van der Waals surface area contributed by atoms with Gasteiger partial charge in [0.1, 0.15) is 11.9 Å². The summed E-state index contributed by atoms with van der Waals surface area (Å²) in [5.41, 5.74) is 14.7. The Balaban J connectivity index is 0.882. The van der Waals surface area contributed by atoms with E-state index in [1.807, 2.05) is 24.1 Å². The van der Waals surface area contributed by atoms with Crippen molar-refractivity contribution in [1.82, 2.24) is 34.9 Å². The van der Waals surface area contributed by atoms with Crippen LogP contribution in [0, 0.1) is 5.92 Å². The van der Waals surface area contributed by atoms with Crippen molar-refractivity contribution in [3.8, 4) is 0 Å². The van der Waals surface area contributed by atoms with Gasteiger partial charge < -0.3 is 41.3 Å². The number of nitrogens with two attached hydrogens (primary N) is 2. The Labute approximate surface area is 322 Å². The number of carbonyl (C=O) groups excluding carboxylic acids is 4. The van der Waals surface area contributed by atoms with E-state index in [4.69, 9.17) is 16.5 Å². The van der Waals surface area contributed by atoms with E-state index < -0.39 is 11.9 Å². The largest absolute Gasteiger partial charge is 0.403 e. The Morgan fingerprint density at radius 3 is 2.42 bits per heavy atom. The highest BCUT2D eigenvalue weighted by molar-refractivity contribution is 6.01. The highest BCUT2D eigenvalue weighted by Gasteiger charge is 2.35. The van der Waals surface area contributed by atoms with Crippen LogP contribution in [0.3, 0.4) is 0 Å². The number of likely N-dealkylation sites (tertiary alicyclic amines) is 2. The number of urea groups is 1. The van der Waals surface area contributed by atoms with Crippen molar-refractivity contribution in [1.29, 1.82) is 0 Å². The minimum absolute atomic E-state index is 0.0697. The van der Waals surface area contributed by atoms with Crippen LogP contribution in [0.2, 0.25) is 0 Å². The monoisotopic (exact) mass is 754 g/mol. The molecule has 0 saturated carbocycles. The molecule has 0 radical (unpaired) electrons.